The van der Waals surface area contributed by atoms with Crippen LogP contribution in [0.2, 0.25) is 0 Å². The molecule has 0 unspecified atom stereocenters. The van der Waals surface area contributed by atoms with E-state index >= 15 is 0 Å². The molecule has 7 heteroatoms. The number of fused-ring (bicyclic) bond motifs is 3. The molecule has 2 aromatic heterocycles. The summed E-state index contributed by atoms with van der Waals surface area (Å²) in [6.45, 7) is 4.57. The highest BCUT2D eigenvalue weighted by Gasteiger charge is 2.13. The topological polar surface area (TPSA) is 77.2 Å². The molecule has 0 spiro atoms. The Morgan fingerprint density at radius 2 is 2.04 bits per heavy atom. The van der Waals surface area contributed by atoms with Crippen LogP contribution in [0.25, 0.3) is 16.7 Å². The molecule has 2 heterocycles. The van der Waals surface area contributed by atoms with E-state index in [1.54, 1.807) is 4.52 Å². The van der Waals surface area contributed by atoms with E-state index < -0.39 is 0 Å². The molecule has 0 saturated heterocycles. The van der Waals surface area contributed by atoms with Gasteiger partial charge in [0.15, 0.2) is 5.82 Å². The van der Waals surface area contributed by atoms with Crippen LogP contribution in [0.15, 0.2) is 42.5 Å². The van der Waals surface area contributed by atoms with Crippen LogP contribution in [-0.2, 0) is 0 Å². The first kappa shape index (κ1) is 14.4. The standard InChI is InChI=1S/C17H16N6O/c1-3-24-15-7-5-4-6-13(15)19-16-17-20-21-22-23(17)14-10-11(2)8-9-12(14)18-16/h4-10H,3H2,1-2H3,(H,18,19). The van der Waals surface area contributed by atoms with Crippen LogP contribution in [0.1, 0.15) is 12.5 Å². The number of nitrogens with one attached hydrogen (secondary N) is 1. The number of rotatable bonds is 4. The molecule has 4 rings (SSSR count). The largest absolute Gasteiger partial charge is 0.492 e. The van der Waals surface area contributed by atoms with E-state index in [4.69, 9.17) is 4.74 Å². The predicted molar refractivity (Wildman–Crippen MR) is 91.7 cm³/mol. The van der Waals surface area contributed by atoms with E-state index in [1.165, 1.54) is 0 Å². The molecule has 0 atom stereocenters. The Kier molecular flexibility index (Phi) is 3.45. The van der Waals surface area contributed by atoms with Crippen molar-refractivity contribution in [2.24, 2.45) is 0 Å². The van der Waals surface area contributed by atoms with Gasteiger partial charge in [0.1, 0.15) is 5.75 Å². The zero-order valence-corrected chi connectivity index (χ0v) is 13.4. The second-order valence-corrected chi connectivity index (χ2v) is 5.42. The van der Waals surface area contributed by atoms with Crippen LogP contribution in [0, 0.1) is 6.92 Å². The van der Waals surface area contributed by atoms with Crippen molar-refractivity contribution in [1.82, 2.24) is 25.0 Å². The van der Waals surface area contributed by atoms with Gasteiger partial charge in [-0.05, 0) is 54.1 Å². The lowest BCUT2D eigenvalue weighted by atomic mass is 10.2. The Balaban J connectivity index is 1.87. The quantitative estimate of drug-likeness (QED) is 0.622. The zero-order chi connectivity index (χ0) is 16.5. The Hall–Kier alpha value is -3.22. The van der Waals surface area contributed by atoms with Gasteiger partial charge in [-0.3, -0.25) is 0 Å². The van der Waals surface area contributed by atoms with Crippen LogP contribution in [0.4, 0.5) is 11.5 Å². The molecule has 0 aliphatic carbocycles. The molecule has 1 N–H and O–H groups in total. The van der Waals surface area contributed by atoms with Crippen molar-refractivity contribution in [3.63, 3.8) is 0 Å². The Morgan fingerprint density at radius 1 is 1.17 bits per heavy atom. The Labute approximate surface area is 138 Å². The molecule has 0 bridgehead atoms. The van der Waals surface area contributed by atoms with Crippen molar-refractivity contribution in [3.05, 3.63) is 48.0 Å². The number of aryl methyl sites for hydroxylation is 1. The SMILES string of the molecule is CCOc1ccccc1Nc1nc2ccc(C)cc2n2nnnc12. The highest BCUT2D eigenvalue weighted by molar-refractivity contribution is 5.84. The Bertz CT molecular complexity index is 1030. The van der Waals surface area contributed by atoms with Crippen molar-refractivity contribution in [3.8, 4) is 5.75 Å². The number of aromatic nitrogens is 5. The van der Waals surface area contributed by atoms with E-state index in [-0.39, 0.29) is 0 Å². The first-order valence-electron chi connectivity index (χ1n) is 7.73. The highest BCUT2D eigenvalue weighted by atomic mass is 16.5. The second kappa shape index (κ2) is 5.77. The number of tetrazole rings is 1. The molecular weight excluding hydrogens is 304 g/mol. The van der Waals surface area contributed by atoms with Gasteiger partial charge in [0.05, 0.1) is 23.3 Å². The van der Waals surface area contributed by atoms with Crippen LogP contribution < -0.4 is 10.1 Å². The minimum atomic E-state index is 0.569. The fourth-order valence-corrected chi connectivity index (χ4v) is 2.63. The molecule has 7 nitrogen and oxygen atoms in total. The average molecular weight is 320 g/mol. The van der Waals surface area contributed by atoms with E-state index in [0.29, 0.717) is 18.1 Å². The van der Waals surface area contributed by atoms with Crippen molar-refractivity contribution in [2.75, 3.05) is 11.9 Å². The van der Waals surface area contributed by atoms with Crippen LogP contribution in [0.5, 0.6) is 5.75 Å². The normalized spacial score (nSPS) is 11.1. The molecular formula is C17H16N6O. The van der Waals surface area contributed by atoms with Crippen molar-refractivity contribution >= 4 is 28.2 Å². The van der Waals surface area contributed by atoms with Gasteiger partial charge in [-0.1, -0.05) is 18.2 Å². The summed E-state index contributed by atoms with van der Waals surface area (Å²) < 4.78 is 7.35. The summed E-state index contributed by atoms with van der Waals surface area (Å²) >= 11 is 0. The number of anilines is 2. The summed E-state index contributed by atoms with van der Waals surface area (Å²) in [5, 5.41) is 15.3. The molecule has 0 amide bonds. The highest BCUT2D eigenvalue weighted by Crippen LogP contribution is 2.29. The summed E-state index contributed by atoms with van der Waals surface area (Å²) in [4.78, 5) is 4.68. The van der Waals surface area contributed by atoms with Crippen molar-refractivity contribution in [1.29, 1.82) is 0 Å². The third kappa shape index (κ3) is 2.40. The first-order chi connectivity index (χ1) is 11.8. The fourth-order valence-electron chi connectivity index (χ4n) is 2.63. The van der Waals surface area contributed by atoms with Gasteiger partial charge in [-0.25, -0.2) is 4.98 Å². The second-order valence-electron chi connectivity index (χ2n) is 5.42. The lowest BCUT2D eigenvalue weighted by molar-refractivity contribution is 0.342. The van der Waals surface area contributed by atoms with Crippen LogP contribution in [-0.4, -0.2) is 31.6 Å². The smallest absolute Gasteiger partial charge is 0.222 e. The number of benzene rings is 2. The summed E-state index contributed by atoms with van der Waals surface area (Å²) in [5.41, 5.74) is 4.21. The monoisotopic (exact) mass is 320 g/mol. The maximum Gasteiger partial charge on any atom is 0.222 e. The fraction of sp³-hybridized carbons (Fsp3) is 0.176. The number of para-hydroxylation sites is 2. The van der Waals surface area contributed by atoms with Crippen LogP contribution >= 0.6 is 0 Å². The summed E-state index contributed by atoms with van der Waals surface area (Å²) in [5.74, 6) is 1.35. The number of ether oxygens (including phenoxy) is 1. The minimum Gasteiger partial charge on any atom is -0.492 e. The minimum absolute atomic E-state index is 0.569. The van der Waals surface area contributed by atoms with Gasteiger partial charge < -0.3 is 10.1 Å². The van der Waals surface area contributed by atoms with Gasteiger partial charge in [-0.2, -0.15) is 4.52 Å². The molecule has 0 saturated carbocycles. The molecule has 2 aromatic carbocycles. The molecule has 0 radical (unpaired) electrons. The molecule has 0 aliphatic rings. The van der Waals surface area contributed by atoms with Gasteiger partial charge in [-0.15, -0.1) is 5.10 Å². The lowest BCUT2D eigenvalue weighted by Gasteiger charge is -2.12. The molecule has 120 valence electrons. The van der Waals surface area contributed by atoms with Crippen LogP contribution in [0.3, 0.4) is 0 Å². The average Bonchev–Trinajstić information content (AvgIpc) is 3.08. The lowest BCUT2D eigenvalue weighted by Crippen LogP contribution is -2.03. The van der Waals surface area contributed by atoms with E-state index in [9.17, 15) is 0 Å². The van der Waals surface area contributed by atoms with Gasteiger partial charge >= 0.3 is 0 Å². The number of hydrogen-bond donors (Lipinski definition) is 1. The molecule has 0 fully saturated rings. The number of hydrogen-bond acceptors (Lipinski definition) is 6. The summed E-state index contributed by atoms with van der Waals surface area (Å²) in [6, 6.07) is 13.7. The molecule has 24 heavy (non-hydrogen) atoms. The van der Waals surface area contributed by atoms with Gasteiger partial charge in [0.2, 0.25) is 5.65 Å². The third-order valence-corrected chi connectivity index (χ3v) is 3.71. The van der Waals surface area contributed by atoms with Crippen molar-refractivity contribution in [2.45, 2.75) is 13.8 Å². The number of nitrogens with zero attached hydrogens (tertiary/aromatic N) is 5. The van der Waals surface area contributed by atoms with Crippen molar-refractivity contribution < 1.29 is 4.74 Å². The maximum absolute atomic E-state index is 5.66. The zero-order valence-electron chi connectivity index (χ0n) is 13.4. The Morgan fingerprint density at radius 3 is 2.92 bits per heavy atom. The van der Waals surface area contributed by atoms with Gasteiger partial charge in [0.25, 0.3) is 0 Å². The van der Waals surface area contributed by atoms with E-state index in [0.717, 1.165) is 28.0 Å². The molecule has 0 aliphatic heterocycles. The first-order valence-corrected chi connectivity index (χ1v) is 7.73. The summed E-state index contributed by atoms with van der Waals surface area (Å²) in [6.07, 6.45) is 0. The summed E-state index contributed by atoms with van der Waals surface area (Å²) in [7, 11) is 0. The van der Waals surface area contributed by atoms with E-state index in [1.807, 2.05) is 56.3 Å². The van der Waals surface area contributed by atoms with E-state index in [2.05, 4.69) is 25.8 Å². The maximum atomic E-state index is 5.66. The van der Waals surface area contributed by atoms with Gasteiger partial charge in [0, 0.05) is 0 Å². The molecule has 4 aromatic rings. The predicted octanol–water partition coefficient (Wildman–Crippen LogP) is 3.12. The third-order valence-electron chi connectivity index (χ3n) is 3.71.